The van der Waals surface area contributed by atoms with Crippen LogP contribution >= 0.6 is 0 Å². The molecule has 3 aliphatic rings. The molecule has 2 saturated carbocycles. The molecular weight excluding hydrogens is 578 g/mol. The van der Waals surface area contributed by atoms with Crippen molar-refractivity contribution in [3.8, 4) is 11.4 Å². The van der Waals surface area contributed by atoms with Gasteiger partial charge in [0.1, 0.15) is 17.8 Å². The molecule has 7 rings (SSSR count). The van der Waals surface area contributed by atoms with Gasteiger partial charge in [-0.2, -0.15) is 0 Å². The van der Waals surface area contributed by atoms with E-state index in [2.05, 4.69) is 31.1 Å². The van der Waals surface area contributed by atoms with Gasteiger partial charge < -0.3 is 20.2 Å². The van der Waals surface area contributed by atoms with Crippen molar-refractivity contribution in [2.24, 2.45) is 0 Å². The average Bonchev–Trinajstić information content (AvgIpc) is 3.80. The molecule has 240 valence electrons. The smallest absolute Gasteiger partial charge is 0.252 e. The Bertz CT molecular complexity index is 1740. The van der Waals surface area contributed by atoms with Gasteiger partial charge in [0.2, 0.25) is 5.91 Å². The number of hydrogen-bond acceptors (Lipinski definition) is 5. The Balaban J connectivity index is 1.15. The van der Waals surface area contributed by atoms with E-state index in [1.54, 1.807) is 0 Å². The molecule has 46 heavy (non-hydrogen) atoms. The van der Waals surface area contributed by atoms with Gasteiger partial charge in [-0.3, -0.25) is 9.59 Å². The SMILES string of the molecule is COOC/C=C/c1ccc(NC(=O)C2(NC(=O)c3ccc4c(C5CCCCC5)c5n(c4c3)CCCc3[nH]cnc3-5)CCCC2)cc1. The van der Waals surface area contributed by atoms with Gasteiger partial charge in [0.15, 0.2) is 0 Å². The highest BCUT2D eigenvalue weighted by atomic mass is 17.2. The van der Waals surface area contributed by atoms with Crippen molar-refractivity contribution in [1.82, 2.24) is 19.9 Å². The van der Waals surface area contributed by atoms with Gasteiger partial charge in [0, 0.05) is 34.4 Å². The molecule has 4 aromatic rings. The number of hydrogen-bond donors (Lipinski definition) is 3. The molecule has 0 atom stereocenters. The number of rotatable bonds is 9. The van der Waals surface area contributed by atoms with Crippen molar-refractivity contribution in [3.05, 3.63) is 77.3 Å². The number of aromatic nitrogens is 3. The fraction of sp³-hybridized carbons (Fsp3) is 0.432. The molecule has 0 bridgehead atoms. The Morgan fingerprint density at radius 3 is 2.63 bits per heavy atom. The third kappa shape index (κ3) is 5.89. The van der Waals surface area contributed by atoms with Crippen LogP contribution in [0.5, 0.6) is 0 Å². The average molecular weight is 622 g/mol. The number of nitrogens with zero attached hydrogens (tertiary/aromatic N) is 2. The van der Waals surface area contributed by atoms with E-state index >= 15 is 0 Å². The second-order valence-electron chi connectivity index (χ2n) is 13.0. The molecule has 9 nitrogen and oxygen atoms in total. The van der Waals surface area contributed by atoms with Gasteiger partial charge in [-0.25, -0.2) is 14.8 Å². The number of fused-ring (bicyclic) bond motifs is 5. The molecule has 2 aliphatic carbocycles. The molecule has 0 radical (unpaired) electrons. The van der Waals surface area contributed by atoms with Crippen molar-refractivity contribution in [2.75, 3.05) is 19.0 Å². The number of aryl methyl sites for hydroxylation is 2. The van der Waals surface area contributed by atoms with Crippen LogP contribution in [0.4, 0.5) is 5.69 Å². The highest BCUT2D eigenvalue weighted by Crippen LogP contribution is 2.45. The summed E-state index contributed by atoms with van der Waals surface area (Å²) in [5.74, 6) is 0.120. The van der Waals surface area contributed by atoms with Gasteiger partial charge >= 0.3 is 0 Å². The summed E-state index contributed by atoms with van der Waals surface area (Å²) in [6.45, 7) is 1.24. The second-order valence-corrected chi connectivity index (χ2v) is 13.0. The number of nitrogens with one attached hydrogen (secondary N) is 3. The quantitative estimate of drug-likeness (QED) is 0.103. The third-order valence-electron chi connectivity index (χ3n) is 10.1. The lowest BCUT2D eigenvalue weighted by Crippen LogP contribution is -2.55. The minimum absolute atomic E-state index is 0.168. The van der Waals surface area contributed by atoms with Gasteiger partial charge in [0.05, 0.1) is 19.1 Å². The number of amides is 2. The number of carbonyl (C=O) groups is 2. The summed E-state index contributed by atoms with van der Waals surface area (Å²) in [4.78, 5) is 45.4. The molecule has 3 heterocycles. The van der Waals surface area contributed by atoms with Gasteiger partial charge in [-0.1, -0.05) is 62.5 Å². The Morgan fingerprint density at radius 2 is 1.85 bits per heavy atom. The molecule has 1 aliphatic heterocycles. The Labute approximate surface area is 269 Å². The Hall–Kier alpha value is -4.21. The third-order valence-corrected chi connectivity index (χ3v) is 10.1. The van der Waals surface area contributed by atoms with Crippen LogP contribution in [0.3, 0.4) is 0 Å². The molecule has 0 saturated heterocycles. The fourth-order valence-electron chi connectivity index (χ4n) is 7.84. The van der Waals surface area contributed by atoms with E-state index in [0.717, 1.165) is 49.0 Å². The molecule has 0 unspecified atom stereocenters. The number of carbonyl (C=O) groups excluding carboxylic acids is 2. The summed E-state index contributed by atoms with van der Waals surface area (Å²) in [5.41, 5.74) is 7.29. The molecule has 9 heteroatoms. The molecule has 0 spiro atoms. The summed E-state index contributed by atoms with van der Waals surface area (Å²) >= 11 is 0. The summed E-state index contributed by atoms with van der Waals surface area (Å²) in [5, 5.41) is 7.51. The summed E-state index contributed by atoms with van der Waals surface area (Å²) in [6.07, 6.45) is 16.8. The van der Waals surface area contributed by atoms with E-state index < -0.39 is 5.54 Å². The molecule has 2 aromatic heterocycles. The zero-order chi connectivity index (χ0) is 31.5. The summed E-state index contributed by atoms with van der Waals surface area (Å²) in [6, 6.07) is 13.7. The molecule has 2 amide bonds. The maximum Gasteiger partial charge on any atom is 0.252 e. The zero-order valence-corrected chi connectivity index (χ0v) is 26.6. The first kappa shape index (κ1) is 30.4. The van der Waals surface area contributed by atoms with Crippen LogP contribution in [0.25, 0.3) is 28.4 Å². The Kier molecular flexibility index (Phi) is 8.78. The van der Waals surface area contributed by atoms with Crippen molar-refractivity contribution >= 4 is 34.5 Å². The van der Waals surface area contributed by atoms with E-state index in [9.17, 15) is 9.59 Å². The van der Waals surface area contributed by atoms with E-state index in [-0.39, 0.29) is 11.8 Å². The van der Waals surface area contributed by atoms with E-state index in [0.29, 0.717) is 36.6 Å². The van der Waals surface area contributed by atoms with Crippen LogP contribution < -0.4 is 10.6 Å². The Morgan fingerprint density at radius 1 is 1.04 bits per heavy atom. The predicted octanol–water partition coefficient (Wildman–Crippen LogP) is 7.30. The molecule has 2 aromatic carbocycles. The largest absolute Gasteiger partial charge is 0.348 e. The van der Waals surface area contributed by atoms with Crippen LogP contribution in [0, 0.1) is 0 Å². The van der Waals surface area contributed by atoms with Crippen molar-refractivity contribution in [2.45, 2.75) is 88.6 Å². The van der Waals surface area contributed by atoms with Crippen LogP contribution in [0.15, 0.2) is 54.9 Å². The van der Waals surface area contributed by atoms with Gasteiger partial charge in [-0.15, -0.1) is 0 Å². The number of anilines is 1. The first-order chi connectivity index (χ1) is 22.6. The summed E-state index contributed by atoms with van der Waals surface area (Å²) < 4.78 is 2.41. The highest BCUT2D eigenvalue weighted by Gasteiger charge is 2.43. The number of H-pyrrole nitrogens is 1. The van der Waals surface area contributed by atoms with Crippen LogP contribution in [-0.4, -0.2) is 45.6 Å². The fourth-order valence-corrected chi connectivity index (χ4v) is 7.84. The first-order valence-corrected chi connectivity index (χ1v) is 16.8. The lowest BCUT2D eigenvalue weighted by atomic mass is 9.82. The standard InChI is InChI=1S/C37H43N5O4/c1-45-46-22-8-9-25-13-16-28(17-14-25)40-36(44)37(19-5-6-20-37)41-35(43)27-15-18-29-31(23-27)42-21-7-12-30-33(39-24-38-30)34(42)32(29)26-10-3-2-4-11-26/h8-9,13-18,23-24,26H,2-7,10-12,19-22H2,1H3,(H,38,39)(H,40,44)(H,41,43)/b9-8+. The minimum atomic E-state index is -0.949. The zero-order valence-electron chi connectivity index (χ0n) is 26.6. The maximum atomic E-state index is 14.0. The minimum Gasteiger partial charge on any atom is -0.348 e. The first-order valence-electron chi connectivity index (χ1n) is 16.8. The number of aromatic amines is 1. The second kappa shape index (κ2) is 13.3. The van der Waals surface area contributed by atoms with E-state index in [1.807, 2.05) is 54.9 Å². The van der Waals surface area contributed by atoms with E-state index in [4.69, 9.17) is 9.87 Å². The van der Waals surface area contributed by atoms with Crippen LogP contribution in [0.2, 0.25) is 0 Å². The normalized spacial score (nSPS) is 17.9. The van der Waals surface area contributed by atoms with Crippen molar-refractivity contribution < 1.29 is 19.4 Å². The monoisotopic (exact) mass is 621 g/mol. The topological polar surface area (TPSA) is 110 Å². The number of benzene rings is 2. The predicted molar refractivity (Wildman–Crippen MR) is 179 cm³/mol. The van der Waals surface area contributed by atoms with Crippen LogP contribution in [-0.2, 0) is 27.5 Å². The van der Waals surface area contributed by atoms with Gasteiger partial charge in [-0.05, 0) is 79.8 Å². The van der Waals surface area contributed by atoms with Crippen molar-refractivity contribution in [3.63, 3.8) is 0 Å². The molecule has 3 N–H and O–H groups in total. The van der Waals surface area contributed by atoms with Crippen LogP contribution in [0.1, 0.15) is 97.3 Å². The summed E-state index contributed by atoms with van der Waals surface area (Å²) in [7, 11) is 1.47. The van der Waals surface area contributed by atoms with Gasteiger partial charge in [0.25, 0.3) is 5.91 Å². The lowest BCUT2D eigenvalue weighted by Gasteiger charge is -2.29. The molecular formula is C37H43N5O4. The van der Waals surface area contributed by atoms with E-state index in [1.165, 1.54) is 61.6 Å². The maximum absolute atomic E-state index is 14.0. The number of imidazole rings is 1. The highest BCUT2D eigenvalue weighted by molar-refractivity contribution is 6.06. The lowest BCUT2D eigenvalue weighted by molar-refractivity contribution is -0.263. The molecule has 2 fully saturated rings. The van der Waals surface area contributed by atoms with Crippen molar-refractivity contribution in [1.29, 1.82) is 0 Å².